The van der Waals surface area contributed by atoms with Gasteiger partial charge in [0, 0.05) is 18.8 Å². The second-order valence-corrected chi connectivity index (χ2v) is 7.72. The minimum atomic E-state index is -0.598. The van der Waals surface area contributed by atoms with E-state index < -0.39 is 6.04 Å². The van der Waals surface area contributed by atoms with Crippen LogP contribution < -0.4 is 16.4 Å². The van der Waals surface area contributed by atoms with Crippen LogP contribution in [0.2, 0.25) is 0 Å². The summed E-state index contributed by atoms with van der Waals surface area (Å²) in [5.41, 5.74) is 7.73. The van der Waals surface area contributed by atoms with E-state index in [2.05, 4.69) is 22.5 Å². The van der Waals surface area contributed by atoms with Gasteiger partial charge in [0.15, 0.2) is 0 Å². The fourth-order valence-electron chi connectivity index (χ4n) is 3.18. The Bertz CT molecular complexity index is 600. The van der Waals surface area contributed by atoms with E-state index in [0.29, 0.717) is 0 Å². The second kappa shape index (κ2) is 9.69. The van der Waals surface area contributed by atoms with Gasteiger partial charge in [0.25, 0.3) is 0 Å². The zero-order valence-corrected chi connectivity index (χ0v) is 16.1. The van der Waals surface area contributed by atoms with Gasteiger partial charge in [-0.2, -0.15) is 0 Å². The van der Waals surface area contributed by atoms with Crippen LogP contribution >= 0.6 is 0 Å². The summed E-state index contributed by atoms with van der Waals surface area (Å²) in [7, 11) is 0. The lowest BCUT2D eigenvalue weighted by Gasteiger charge is -2.30. The summed E-state index contributed by atoms with van der Waals surface area (Å²) in [4.78, 5) is 26.2. The Morgan fingerprint density at radius 1 is 1.27 bits per heavy atom. The molecule has 1 unspecified atom stereocenters. The Morgan fingerprint density at radius 2 is 1.96 bits per heavy atom. The number of nitrogens with one attached hydrogen (secondary N) is 2. The van der Waals surface area contributed by atoms with Crippen molar-refractivity contribution in [3.05, 3.63) is 29.8 Å². The number of carbonyl (C=O) groups is 2. The van der Waals surface area contributed by atoms with Gasteiger partial charge in [0.1, 0.15) is 0 Å². The van der Waals surface area contributed by atoms with Crippen LogP contribution in [0, 0.1) is 11.8 Å². The molecule has 26 heavy (non-hydrogen) atoms. The second-order valence-electron chi connectivity index (χ2n) is 7.72. The highest BCUT2D eigenvalue weighted by Crippen LogP contribution is 2.18. The average Bonchev–Trinajstić information content (AvgIpc) is 2.60. The summed E-state index contributed by atoms with van der Waals surface area (Å²) in [6.45, 7) is 9.22. The quantitative estimate of drug-likeness (QED) is 0.694. The van der Waals surface area contributed by atoms with Crippen molar-refractivity contribution in [1.29, 1.82) is 0 Å². The number of rotatable bonds is 7. The number of amides is 2. The lowest BCUT2D eigenvalue weighted by Crippen LogP contribution is -2.46. The van der Waals surface area contributed by atoms with E-state index in [1.165, 1.54) is 18.4 Å². The van der Waals surface area contributed by atoms with Crippen LogP contribution in [0.4, 0.5) is 5.69 Å². The zero-order chi connectivity index (χ0) is 19.1. The van der Waals surface area contributed by atoms with Gasteiger partial charge in [0.2, 0.25) is 11.8 Å². The summed E-state index contributed by atoms with van der Waals surface area (Å²) in [5.74, 6) is 0.239. The predicted molar refractivity (Wildman–Crippen MR) is 105 cm³/mol. The predicted octanol–water partition coefficient (Wildman–Crippen LogP) is 1.96. The summed E-state index contributed by atoms with van der Waals surface area (Å²) in [6.07, 6.45) is 2.58. The molecule has 144 valence electrons. The molecule has 4 N–H and O–H groups in total. The summed E-state index contributed by atoms with van der Waals surface area (Å²) >= 11 is 0. The van der Waals surface area contributed by atoms with E-state index in [0.717, 1.165) is 31.2 Å². The topological polar surface area (TPSA) is 87.5 Å². The first kappa shape index (κ1) is 20.4. The molecular weight excluding hydrogens is 328 g/mol. The molecule has 1 aromatic rings. The highest BCUT2D eigenvalue weighted by Gasteiger charge is 2.18. The Labute approximate surface area is 156 Å². The van der Waals surface area contributed by atoms with E-state index in [-0.39, 0.29) is 24.3 Å². The molecule has 1 saturated heterocycles. The third-order valence-corrected chi connectivity index (χ3v) is 4.83. The highest BCUT2D eigenvalue weighted by atomic mass is 16.2. The van der Waals surface area contributed by atoms with Crippen molar-refractivity contribution in [2.45, 2.75) is 46.2 Å². The van der Waals surface area contributed by atoms with E-state index in [1.807, 2.05) is 38.1 Å². The zero-order valence-electron chi connectivity index (χ0n) is 16.1. The van der Waals surface area contributed by atoms with Gasteiger partial charge in [-0.15, -0.1) is 0 Å². The van der Waals surface area contributed by atoms with Gasteiger partial charge in [0.05, 0.1) is 12.6 Å². The number of hydrogen-bond acceptors (Lipinski definition) is 4. The van der Waals surface area contributed by atoms with Crippen molar-refractivity contribution in [2.24, 2.45) is 17.6 Å². The van der Waals surface area contributed by atoms with Crippen molar-refractivity contribution >= 4 is 17.5 Å². The number of hydrogen-bond donors (Lipinski definition) is 3. The van der Waals surface area contributed by atoms with Crippen LogP contribution in [0.25, 0.3) is 0 Å². The van der Waals surface area contributed by atoms with E-state index in [1.54, 1.807) is 0 Å². The van der Waals surface area contributed by atoms with Crippen LogP contribution in [0.5, 0.6) is 0 Å². The molecule has 1 aliphatic heterocycles. The van der Waals surface area contributed by atoms with Gasteiger partial charge in [-0.3, -0.25) is 14.5 Å². The molecule has 6 nitrogen and oxygen atoms in total. The minimum absolute atomic E-state index is 0.0356. The Balaban J connectivity index is 1.77. The Kier molecular flexibility index (Phi) is 7.60. The molecule has 1 aliphatic rings. The molecule has 0 radical (unpaired) electrons. The molecule has 1 fully saturated rings. The molecule has 2 amide bonds. The number of anilines is 1. The first-order valence-corrected chi connectivity index (χ1v) is 9.49. The summed E-state index contributed by atoms with van der Waals surface area (Å²) in [5, 5.41) is 5.37. The number of carbonyl (C=O) groups excluding carboxylic acids is 2. The van der Waals surface area contributed by atoms with Crippen molar-refractivity contribution in [3.63, 3.8) is 0 Å². The normalized spacial score (nSPS) is 19.2. The Hall–Kier alpha value is -1.92. The number of likely N-dealkylation sites (tertiary alicyclic amines) is 1. The number of piperidine rings is 1. The molecule has 0 aromatic heterocycles. The maximum absolute atomic E-state index is 12.0. The maximum atomic E-state index is 12.0. The fraction of sp³-hybridized carbons (Fsp3) is 0.600. The molecule has 2 rings (SSSR count). The van der Waals surface area contributed by atoms with Crippen molar-refractivity contribution in [3.8, 4) is 0 Å². The lowest BCUT2D eigenvalue weighted by atomic mass is 10.00. The molecule has 0 aliphatic carbocycles. The van der Waals surface area contributed by atoms with Crippen LogP contribution in [-0.2, 0) is 16.1 Å². The number of benzene rings is 1. The number of nitrogens with two attached hydrogens (primary N) is 1. The van der Waals surface area contributed by atoms with Gasteiger partial charge in [-0.1, -0.05) is 32.9 Å². The van der Waals surface area contributed by atoms with Crippen molar-refractivity contribution in [1.82, 2.24) is 10.2 Å². The van der Waals surface area contributed by atoms with Gasteiger partial charge >= 0.3 is 0 Å². The lowest BCUT2D eigenvalue weighted by molar-refractivity contribution is -0.125. The molecule has 0 bridgehead atoms. The third-order valence-electron chi connectivity index (χ3n) is 4.83. The first-order valence-electron chi connectivity index (χ1n) is 9.49. The van der Waals surface area contributed by atoms with Gasteiger partial charge in [-0.25, -0.2) is 0 Å². The third kappa shape index (κ3) is 6.42. The largest absolute Gasteiger partial charge is 0.346 e. The SMILES string of the molecule is CC1CCCN(Cc2ccc(NC(=O)CNC(=O)[C@@H](N)C(C)C)cc2)C1. The molecule has 2 atom stereocenters. The highest BCUT2D eigenvalue weighted by molar-refractivity contribution is 5.95. The molecule has 0 spiro atoms. The van der Waals surface area contributed by atoms with Crippen LogP contribution in [0.3, 0.4) is 0 Å². The summed E-state index contributed by atoms with van der Waals surface area (Å²) in [6, 6.07) is 7.30. The first-order chi connectivity index (χ1) is 12.3. The van der Waals surface area contributed by atoms with Crippen LogP contribution in [0.15, 0.2) is 24.3 Å². The van der Waals surface area contributed by atoms with Crippen molar-refractivity contribution in [2.75, 3.05) is 25.0 Å². The molecule has 1 aromatic carbocycles. The molecule has 0 saturated carbocycles. The monoisotopic (exact) mass is 360 g/mol. The van der Waals surface area contributed by atoms with Gasteiger partial charge in [-0.05, 0) is 48.9 Å². The van der Waals surface area contributed by atoms with Crippen molar-refractivity contribution < 1.29 is 9.59 Å². The minimum Gasteiger partial charge on any atom is -0.346 e. The fourth-order valence-corrected chi connectivity index (χ4v) is 3.18. The Morgan fingerprint density at radius 3 is 2.58 bits per heavy atom. The molecule has 6 heteroatoms. The molecular formula is C20H32N4O2. The maximum Gasteiger partial charge on any atom is 0.243 e. The smallest absolute Gasteiger partial charge is 0.243 e. The molecule has 1 heterocycles. The van der Waals surface area contributed by atoms with E-state index in [4.69, 9.17) is 5.73 Å². The average molecular weight is 361 g/mol. The summed E-state index contributed by atoms with van der Waals surface area (Å²) < 4.78 is 0. The van der Waals surface area contributed by atoms with E-state index >= 15 is 0 Å². The number of nitrogens with zero attached hydrogens (tertiary/aromatic N) is 1. The van der Waals surface area contributed by atoms with E-state index in [9.17, 15) is 9.59 Å². The van der Waals surface area contributed by atoms with Crippen LogP contribution in [-0.4, -0.2) is 42.4 Å². The van der Waals surface area contributed by atoms with Gasteiger partial charge < -0.3 is 16.4 Å². The standard InChI is InChI=1S/C20H32N4O2/c1-14(2)19(21)20(26)22-11-18(25)23-17-8-6-16(7-9-17)13-24-10-4-5-15(3)12-24/h6-9,14-15,19H,4-5,10-13,21H2,1-3H3,(H,22,26)(H,23,25)/t15?,19-/m0/s1. The van der Waals surface area contributed by atoms with Crippen LogP contribution in [0.1, 0.15) is 39.2 Å².